The normalized spacial score (nSPS) is 18.7. The number of piperidine rings is 1. The topological polar surface area (TPSA) is 95.7 Å². The Morgan fingerprint density at radius 1 is 1.35 bits per heavy atom. The summed E-state index contributed by atoms with van der Waals surface area (Å²) in [6.07, 6.45) is 1.25. The van der Waals surface area contributed by atoms with Crippen molar-refractivity contribution in [3.63, 3.8) is 0 Å². The number of alkyl halides is 1. The summed E-state index contributed by atoms with van der Waals surface area (Å²) < 4.78 is 25.7. The number of aromatic nitrogens is 1. The maximum Gasteiger partial charge on any atom is 0.338 e. The number of esters is 1. The van der Waals surface area contributed by atoms with Crippen LogP contribution in [-0.4, -0.2) is 52.9 Å². The summed E-state index contributed by atoms with van der Waals surface area (Å²) >= 11 is 0. The highest BCUT2D eigenvalue weighted by Crippen LogP contribution is 2.31. The molecule has 1 N–H and O–H groups in total. The molecule has 31 heavy (non-hydrogen) atoms. The molecule has 7 nitrogen and oxygen atoms in total. The van der Waals surface area contributed by atoms with Gasteiger partial charge in [0.2, 0.25) is 5.88 Å². The number of ether oxygens (including phenoxy) is 2. The molecule has 1 unspecified atom stereocenters. The molecule has 4 rings (SSSR count). The summed E-state index contributed by atoms with van der Waals surface area (Å²) in [5, 5.41) is 19.6. The van der Waals surface area contributed by atoms with E-state index in [1.807, 2.05) is 17.9 Å². The molecule has 3 heterocycles. The van der Waals surface area contributed by atoms with E-state index in [0.717, 1.165) is 16.7 Å². The molecule has 0 bridgehead atoms. The number of nitriles is 1. The number of likely N-dealkylation sites (tertiary alicyclic amines) is 1. The number of halogens is 1. The number of hydrogen-bond donors (Lipinski definition) is 1. The fourth-order valence-electron chi connectivity index (χ4n) is 4.09. The minimum atomic E-state index is -1.46. The van der Waals surface area contributed by atoms with Crippen molar-refractivity contribution in [3.05, 3.63) is 58.3 Å². The fraction of sp³-hybridized carbons (Fsp3) is 0.435. The zero-order valence-corrected chi connectivity index (χ0v) is 17.3. The minimum absolute atomic E-state index is 0.0970. The first-order chi connectivity index (χ1) is 14.9. The predicted molar refractivity (Wildman–Crippen MR) is 109 cm³/mol. The van der Waals surface area contributed by atoms with Gasteiger partial charge in [0, 0.05) is 37.5 Å². The lowest BCUT2D eigenvalue weighted by Crippen LogP contribution is -2.46. The Bertz CT molecular complexity index is 1010. The van der Waals surface area contributed by atoms with E-state index in [4.69, 9.17) is 14.7 Å². The Labute approximate surface area is 180 Å². The zero-order valence-electron chi connectivity index (χ0n) is 17.3. The summed E-state index contributed by atoms with van der Waals surface area (Å²) in [6, 6.07) is 8.59. The second kappa shape index (κ2) is 8.61. The van der Waals surface area contributed by atoms with Crippen molar-refractivity contribution in [3.8, 4) is 11.9 Å². The van der Waals surface area contributed by atoms with Crippen LogP contribution in [0.2, 0.25) is 0 Å². The SMILES string of the molecule is Cc1c(C(O)CN2CCC(F)(COc3ccc(C#N)cn3)CC2)ccc2c1COC2=O. The molecule has 1 aromatic heterocycles. The van der Waals surface area contributed by atoms with Crippen molar-refractivity contribution < 1.29 is 23.8 Å². The predicted octanol–water partition coefficient (Wildman–Crippen LogP) is 2.85. The Morgan fingerprint density at radius 2 is 2.13 bits per heavy atom. The second-order valence-electron chi connectivity index (χ2n) is 8.13. The van der Waals surface area contributed by atoms with Crippen LogP contribution < -0.4 is 4.74 Å². The highest BCUT2D eigenvalue weighted by Gasteiger charge is 2.36. The summed E-state index contributed by atoms with van der Waals surface area (Å²) in [4.78, 5) is 17.7. The lowest BCUT2D eigenvalue weighted by molar-refractivity contribution is 0.00257. The van der Waals surface area contributed by atoms with Crippen LogP contribution in [0.4, 0.5) is 4.39 Å². The molecule has 1 fully saturated rings. The third-order valence-electron chi connectivity index (χ3n) is 6.09. The number of aliphatic hydroxyl groups excluding tert-OH is 1. The smallest absolute Gasteiger partial charge is 0.338 e. The van der Waals surface area contributed by atoms with Gasteiger partial charge in [-0.1, -0.05) is 6.07 Å². The summed E-state index contributed by atoms with van der Waals surface area (Å²) in [5.74, 6) is -0.0312. The van der Waals surface area contributed by atoms with Crippen LogP contribution in [0.15, 0.2) is 30.5 Å². The van der Waals surface area contributed by atoms with E-state index >= 15 is 4.39 Å². The number of benzene rings is 1. The van der Waals surface area contributed by atoms with E-state index in [0.29, 0.717) is 49.5 Å². The molecule has 2 aliphatic rings. The highest BCUT2D eigenvalue weighted by atomic mass is 19.1. The van der Waals surface area contributed by atoms with Gasteiger partial charge in [0.25, 0.3) is 0 Å². The van der Waals surface area contributed by atoms with Gasteiger partial charge in [0.05, 0.1) is 17.2 Å². The number of fused-ring (bicyclic) bond motifs is 1. The summed E-state index contributed by atoms with van der Waals surface area (Å²) in [7, 11) is 0. The zero-order chi connectivity index (χ0) is 22.0. The van der Waals surface area contributed by atoms with Crippen molar-refractivity contribution in [1.29, 1.82) is 5.26 Å². The number of cyclic esters (lactones) is 1. The molecule has 0 saturated carbocycles. The monoisotopic (exact) mass is 425 g/mol. The van der Waals surface area contributed by atoms with Crippen LogP contribution in [0.25, 0.3) is 0 Å². The first-order valence-corrected chi connectivity index (χ1v) is 10.3. The van der Waals surface area contributed by atoms with Gasteiger partial charge >= 0.3 is 5.97 Å². The van der Waals surface area contributed by atoms with E-state index in [-0.39, 0.29) is 19.2 Å². The number of β-amino-alcohol motifs (C(OH)–C–C–N with tert-alkyl or cyclic N) is 1. The van der Waals surface area contributed by atoms with Gasteiger partial charge in [-0.25, -0.2) is 14.2 Å². The molecule has 0 spiro atoms. The van der Waals surface area contributed by atoms with E-state index in [9.17, 15) is 9.90 Å². The maximum atomic E-state index is 15.1. The Kier molecular flexibility index (Phi) is 5.90. The summed E-state index contributed by atoms with van der Waals surface area (Å²) in [6.45, 7) is 3.43. The Morgan fingerprint density at radius 3 is 2.81 bits per heavy atom. The average molecular weight is 425 g/mol. The van der Waals surface area contributed by atoms with E-state index in [2.05, 4.69) is 4.98 Å². The first-order valence-electron chi connectivity index (χ1n) is 10.3. The molecule has 1 aromatic carbocycles. The van der Waals surface area contributed by atoms with Gasteiger partial charge in [-0.3, -0.25) is 0 Å². The number of hydrogen-bond acceptors (Lipinski definition) is 7. The second-order valence-corrected chi connectivity index (χ2v) is 8.13. The van der Waals surface area contributed by atoms with Crippen molar-refractivity contribution in [2.75, 3.05) is 26.2 Å². The van der Waals surface area contributed by atoms with Crippen molar-refractivity contribution in [2.24, 2.45) is 0 Å². The number of carbonyl (C=O) groups excluding carboxylic acids is 1. The lowest BCUT2D eigenvalue weighted by atomic mass is 9.92. The minimum Gasteiger partial charge on any atom is -0.474 e. The van der Waals surface area contributed by atoms with Crippen LogP contribution in [-0.2, 0) is 11.3 Å². The quantitative estimate of drug-likeness (QED) is 0.711. The molecule has 162 valence electrons. The van der Waals surface area contributed by atoms with Gasteiger partial charge < -0.3 is 19.5 Å². The Hall–Kier alpha value is -3.02. The van der Waals surface area contributed by atoms with Crippen LogP contribution >= 0.6 is 0 Å². The van der Waals surface area contributed by atoms with Crippen LogP contribution in [0.5, 0.6) is 5.88 Å². The molecule has 0 radical (unpaired) electrons. The third kappa shape index (κ3) is 4.53. The molecule has 8 heteroatoms. The van der Waals surface area contributed by atoms with E-state index < -0.39 is 11.8 Å². The Balaban J connectivity index is 1.30. The molecule has 0 amide bonds. The number of nitrogens with zero attached hydrogens (tertiary/aromatic N) is 3. The van der Waals surface area contributed by atoms with E-state index in [1.165, 1.54) is 6.20 Å². The first kappa shape index (κ1) is 21.2. The molecule has 0 aliphatic carbocycles. The highest BCUT2D eigenvalue weighted by molar-refractivity contribution is 5.93. The molecule has 2 aromatic rings. The van der Waals surface area contributed by atoms with Gasteiger partial charge in [0.15, 0.2) is 0 Å². The molecular weight excluding hydrogens is 401 g/mol. The number of carbonyl (C=O) groups is 1. The largest absolute Gasteiger partial charge is 0.474 e. The van der Waals surface area contributed by atoms with Crippen LogP contribution in [0, 0.1) is 18.3 Å². The molecular formula is C23H24FN3O4. The van der Waals surface area contributed by atoms with Gasteiger partial charge in [-0.15, -0.1) is 0 Å². The fourth-order valence-corrected chi connectivity index (χ4v) is 4.09. The standard InChI is InChI=1S/C23H24FN3O4/c1-15-17(3-4-18-19(15)13-30-22(18)29)20(28)12-27-8-6-23(24,7-9-27)14-31-21-5-2-16(10-25)11-26-21/h2-5,11,20,28H,6-9,12-14H2,1H3. The lowest BCUT2D eigenvalue weighted by Gasteiger charge is -2.37. The summed E-state index contributed by atoms with van der Waals surface area (Å²) in [5.41, 5.74) is 1.99. The van der Waals surface area contributed by atoms with Crippen LogP contribution in [0.1, 0.15) is 51.6 Å². The van der Waals surface area contributed by atoms with E-state index in [1.54, 1.807) is 24.3 Å². The third-order valence-corrected chi connectivity index (χ3v) is 6.09. The number of pyridine rings is 1. The molecule has 1 saturated heterocycles. The maximum absolute atomic E-state index is 15.1. The van der Waals surface area contributed by atoms with Gasteiger partial charge in [-0.05, 0) is 43.0 Å². The van der Waals surface area contributed by atoms with Crippen molar-refractivity contribution in [2.45, 2.75) is 38.1 Å². The van der Waals surface area contributed by atoms with Gasteiger partial charge in [-0.2, -0.15) is 5.26 Å². The van der Waals surface area contributed by atoms with Gasteiger partial charge in [0.1, 0.15) is 25.0 Å². The van der Waals surface area contributed by atoms with Crippen molar-refractivity contribution in [1.82, 2.24) is 9.88 Å². The van der Waals surface area contributed by atoms with Crippen LogP contribution in [0.3, 0.4) is 0 Å². The number of rotatable bonds is 6. The average Bonchev–Trinajstić information content (AvgIpc) is 3.16. The number of aliphatic hydroxyl groups is 1. The molecule has 2 aliphatic heterocycles. The molecule has 1 atom stereocenters. The van der Waals surface area contributed by atoms with Crippen molar-refractivity contribution >= 4 is 5.97 Å².